The van der Waals surface area contributed by atoms with Crippen LogP contribution in [0.25, 0.3) is 0 Å². The zero-order valence-corrected chi connectivity index (χ0v) is 15.6. The molecule has 1 atom stereocenters. The van der Waals surface area contributed by atoms with Crippen LogP contribution in [0.1, 0.15) is 65.5 Å². The molecule has 1 aromatic rings. The molecule has 0 spiro atoms. The fraction of sp³-hybridized carbons (Fsp3) is 0.600. The van der Waals surface area contributed by atoms with E-state index < -0.39 is 5.79 Å². The van der Waals surface area contributed by atoms with Crippen molar-refractivity contribution in [3.8, 4) is 6.07 Å². The summed E-state index contributed by atoms with van der Waals surface area (Å²) in [5, 5.41) is 9.74. The lowest BCUT2D eigenvalue weighted by Crippen LogP contribution is -2.30. The first-order chi connectivity index (χ1) is 11.1. The van der Waals surface area contributed by atoms with Gasteiger partial charge < -0.3 is 9.47 Å². The van der Waals surface area contributed by atoms with Crippen molar-refractivity contribution in [3.63, 3.8) is 0 Å². The van der Waals surface area contributed by atoms with Crippen LogP contribution in [0.4, 0.5) is 0 Å². The highest BCUT2D eigenvalue weighted by Gasteiger charge is 2.46. The number of ether oxygens (including phenoxy) is 2. The quantitative estimate of drug-likeness (QED) is 0.781. The van der Waals surface area contributed by atoms with Gasteiger partial charge in [0, 0.05) is 5.56 Å². The van der Waals surface area contributed by atoms with E-state index in [-0.39, 0.29) is 11.0 Å². The van der Waals surface area contributed by atoms with E-state index >= 15 is 0 Å². The van der Waals surface area contributed by atoms with E-state index in [0.29, 0.717) is 12.5 Å². The second-order valence-electron chi connectivity index (χ2n) is 8.19. The molecule has 1 heterocycles. The predicted octanol–water partition coefficient (Wildman–Crippen LogP) is 4.78. The summed E-state index contributed by atoms with van der Waals surface area (Å²) in [6, 6.07) is 9.86. The molecule has 0 saturated heterocycles. The summed E-state index contributed by atoms with van der Waals surface area (Å²) in [4.78, 5) is 4.85. The lowest BCUT2D eigenvalue weighted by Gasteiger charge is -2.29. The number of benzene rings is 1. The standard InChI is InChI=1S/C20H28N2O2/c1-7-12-23-20(14-21)16-11-9-8-10-15(16)17(24-20)22-19(5,6)13-18(2,3)4/h8-11H,7,12-13H2,1-6H3. The molecule has 130 valence electrons. The van der Waals surface area contributed by atoms with Crippen LogP contribution in [-0.4, -0.2) is 18.0 Å². The molecular formula is C20H28N2O2. The van der Waals surface area contributed by atoms with Crippen molar-refractivity contribution in [2.45, 2.75) is 65.7 Å². The van der Waals surface area contributed by atoms with Crippen LogP contribution in [-0.2, 0) is 15.3 Å². The maximum Gasteiger partial charge on any atom is 0.330 e. The summed E-state index contributed by atoms with van der Waals surface area (Å²) in [5.74, 6) is -0.888. The molecule has 1 aliphatic rings. The number of fused-ring (bicyclic) bond motifs is 1. The third-order valence-electron chi connectivity index (χ3n) is 3.78. The van der Waals surface area contributed by atoms with Crippen LogP contribution in [0.15, 0.2) is 29.3 Å². The largest absolute Gasteiger partial charge is 0.427 e. The second-order valence-corrected chi connectivity index (χ2v) is 8.19. The molecule has 4 heteroatoms. The lowest BCUT2D eigenvalue weighted by atomic mass is 9.82. The molecule has 1 unspecified atom stereocenters. The monoisotopic (exact) mass is 328 g/mol. The molecule has 1 aliphatic heterocycles. The molecule has 0 saturated carbocycles. The summed E-state index contributed by atoms with van der Waals surface area (Å²) < 4.78 is 11.8. The van der Waals surface area contributed by atoms with Gasteiger partial charge in [-0.05, 0) is 38.2 Å². The third-order valence-corrected chi connectivity index (χ3v) is 3.78. The number of hydrogen-bond donors (Lipinski definition) is 0. The molecule has 2 rings (SSSR count). The summed E-state index contributed by atoms with van der Waals surface area (Å²) in [5.41, 5.74) is 1.44. The minimum absolute atomic E-state index is 0.150. The number of hydrogen-bond acceptors (Lipinski definition) is 4. The minimum Gasteiger partial charge on any atom is -0.427 e. The van der Waals surface area contributed by atoms with Gasteiger partial charge in [0.15, 0.2) is 0 Å². The molecule has 0 aromatic heterocycles. The number of rotatable bonds is 5. The van der Waals surface area contributed by atoms with Crippen LogP contribution in [0.5, 0.6) is 0 Å². The fourth-order valence-corrected chi connectivity index (χ4v) is 3.37. The van der Waals surface area contributed by atoms with Gasteiger partial charge in [0.25, 0.3) is 0 Å². The van der Waals surface area contributed by atoms with Gasteiger partial charge in [-0.3, -0.25) is 0 Å². The van der Waals surface area contributed by atoms with Crippen molar-refractivity contribution in [2.24, 2.45) is 10.4 Å². The van der Waals surface area contributed by atoms with E-state index in [2.05, 4.69) is 40.7 Å². The van der Waals surface area contributed by atoms with Crippen LogP contribution in [0.3, 0.4) is 0 Å². The maximum atomic E-state index is 9.74. The zero-order chi connectivity index (χ0) is 18.0. The predicted molar refractivity (Wildman–Crippen MR) is 95.7 cm³/mol. The molecule has 0 bridgehead atoms. The first kappa shape index (κ1) is 18.5. The molecule has 0 amide bonds. The highest BCUT2D eigenvalue weighted by Crippen LogP contribution is 2.39. The summed E-state index contributed by atoms with van der Waals surface area (Å²) in [7, 11) is 0. The van der Waals surface area contributed by atoms with Crippen molar-refractivity contribution in [1.29, 1.82) is 5.26 Å². The van der Waals surface area contributed by atoms with Gasteiger partial charge in [-0.25, -0.2) is 4.99 Å². The number of nitriles is 1. The SMILES string of the molecule is CCCOC1(C#N)OC(=NC(C)(C)CC(C)(C)C)c2ccccc21. The first-order valence-corrected chi connectivity index (χ1v) is 8.56. The van der Waals surface area contributed by atoms with Gasteiger partial charge in [0.1, 0.15) is 6.07 Å². The van der Waals surface area contributed by atoms with E-state index in [4.69, 9.17) is 14.5 Å². The molecular weight excluding hydrogens is 300 g/mol. The topological polar surface area (TPSA) is 54.6 Å². The lowest BCUT2D eigenvalue weighted by molar-refractivity contribution is -0.149. The zero-order valence-electron chi connectivity index (χ0n) is 15.6. The minimum atomic E-state index is -1.39. The third kappa shape index (κ3) is 3.96. The van der Waals surface area contributed by atoms with E-state index in [0.717, 1.165) is 24.0 Å². The van der Waals surface area contributed by atoms with Gasteiger partial charge in [-0.15, -0.1) is 0 Å². The Labute approximate surface area is 145 Å². The number of nitrogens with zero attached hydrogens (tertiary/aromatic N) is 2. The van der Waals surface area contributed by atoms with Crippen LogP contribution in [0, 0.1) is 16.7 Å². The van der Waals surface area contributed by atoms with Gasteiger partial charge in [-0.1, -0.05) is 45.9 Å². The van der Waals surface area contributed by atoms with E-state index in [1.807, 2.05) is 31.2 Å². The van der Waals surface area contributed by atoms with Crippen molar-refractivity contribution < 1.29 is 9.47 Å². The van der Waals surface area contributed by atoms with Crippen molar-refractivity contribution in [2.75, 3.05) is 6.61 Å². The Hall–Kier alpha value is -1.86. The first-order valence-electron chi connectivity index (χ1n) is 8.56. The van der Waals surface area contributed by atoms with Crippen LogP contribution >= 0.6 is 0 Å². The maximum absolute atomic E-state index is 9.74. The van der Waals surface area contributed by atoms with E-state index in [1.165, 1.54) is 0 Å². The molecule has 4 nitrogen and oxygen atoms in total. The normalized spacial score (nSPS) is 22.1. The summed E-state index contributed by atoms with van der Waals surface area (Å²) in [6.07, 6.45) is 1.72. The molecule has 0 N–H and O–H groups in total. The van der Waals surface area contributed by atoms with Crippen LogP contribution < -0.4 is 0 Å². The molecule has 0 aliphatic carbocycles. The highest BCUT2D eigenvalue weighted by atomic mass is 16.7. The Morgan fingerprint density at radius 2 is 1.88 bits per heavy atom. The Morgan fingerprint density at radius 3 is 2.46 bits per heavy atom. The van der Waals surface area contributed by atoms with Crippen molar-refractivity contribution in [3.05, 3.63) is 35.4 Å². The Bertz CT molecular complexity index is 665. The van der Waals surface area contributed by atoms with Gasteiger partial charge in [-0.2, -0.15) is 5.26 Å². The van der Waals surface area contributed by atoms with Crippen molar-refractivity contribution in [1.82, 2.24) is 0 Å². The smallest absolute Gasteiger partial charge is 0.330 e. The van der Waals surface area contributed by atoms with Gasteiger partial charge in [0.2, 0.25) is 5.90 Å². The highest BCUT2D eigenvalue weighted by molar-refractivity contribution is 5.99. The van der Waals surface area contributed by atoms with Gasteiger partial charge in [0.05, 0.1) is 17.7 Å². The Morgan fingerprint density at radius 1 is 1.21 bits per heavy atom. The summed E-state index contributed by atoms with van der Waals surface area (Å²) in [6.45, 7) is 13.2. The van der Waals surface area contributed by atoms with Gasteiger partial charge >= 0.3 is 5.79 Å². The summed E-state index contributed by atoms with van der Waals surface area (Å²) >= 11 is 0. The van der Waals surface area contributed by atoms with E-state index in [1.54, 1.807) is 0 Å². The van der Waals surface area contributed by atoms with E-state index in [9.17, 15) is 5.26 Å². The molecule has 24 heavy (non-hydrogen) atoms. The fourth-order valence-electron chi connectivity index (χ4n) is 3.37. The van der Waals surface area contributed by atoms with Crippen LogP contribution in [0.2, 0.25) is 0 Å². The second kappa shape index (κ2) is 6.57. The van der Waals surface area contributed by atoms with Crippen molar-refractivity contribution >= 4 is 5.90 Å². The molecule has 0 fully saturated rings. The number of aliphatic imine (C=N–C) groups is 1. The average Bonchev–Trinajstić information content (AvgIpc) is 2.77. The Kier molecular flexibility index (Phi) is 5.05. The Balaban J connectivity index is 2.44. The molecule has 0 radical (unpaired) electrons. The molecule has 1 aromatic carbocycles. The average molecular weight is 328 g/mol.